The van der Waals surface area contributed by atoms with Crippen molar-refractivity contribution in [1.82, 2.24) is 0 Å². The van der Waals surface area contributed by atoms with Crippen LogP contribution in [0.25, 0.3) is 0 Å². The molecule has 16 heavy (non-hydrogen) atoms. The van der Waals surface area contributed by atoms with Crippen molar-refractivity contribution in [3.8, 4) is 0 Å². The number of rotatable bonds is 10. The summed E-state index contributed by atoms with van der Waals surface area (Å²) < 4.78 is 5.47. The molecule has 0 aromatic heterocycles. The second-order valence-corrected chi connectivity index (χ2v) is 4.66. The van der Waals surface area contributed by atoms with Crippen LogP contribution in [0.4, 0.5) is 0 Å². The molecule has 2 atom stereocenters. The molecule has 2 unspecified atom stereocenters. The Morgan fingerprint density at radius 3 is 2.44 bits per heavy atom. The molecule has 0 aromatic carbocycles. The van der Waals surface area contributed by atoms with Gasteiger partial charge in [0.05, 0.1) is 12.7 Å². The minimum absolute atomic E-state index is 0.129. The number of hydrogen-bond donors (Lipinski definition) is 1. The van der Waals surface area contributed by atoms with Crippen molar-refractivity contribution in [2.45, 2.75) is 70.5 Å². The third kappa shape index (κ3) is 6.29. The number of aliphatic hydroxyl groups is 1. The van der Waals surface area contributed by atoms with Crippen molar-refractivity contribution in [1.29, 1.82) is 0 Å². The van der Waals surface area contributed by atoms with Crippen molar-refractivity contribution in [3.63, 3.8) is 0 Å². The highest BCUT2D eigenvalue weighted by Gasteiger charge is 2.35. The molecule has 2 nitrogen and oxygen atoms in total. The van der Waals surface area contributed by atoms with Gasteiger partial charge in [0.25, 0.3) is 0 Å². The standard InChI is InChI=1S/C14H26O2/c1-2-3-4-5-6-7-8-10-13-14(16-13)11-9-12-15/h9,11,13-15H,2-8,10,12H2,1H3/b11-9+. The maximum atomic E-state index is 8.60. The van der Waals surface area contributed by atoms with Gasteiger partial charge in [-0.2, -0.15) is 0 Å². The first kappa shape index (κ1) is 13.7. The average molecular weight is 226 g/mol. The molecular weight excluding hydrogens is 200 g/mol. The topological polar surface area (TPSA) is 32.8 Å². The highest BCUT2D eigenvalue weighted by molar-refractivity contribution is 5.02. The summed E-state index contributed by atoms with van der Waals surface area (Å²) in [6, 6.07) is 0. The van der Waals surface area contributed by atoms with Gasteiger partial charge in [-0.25, -0.2) is 0 Å². The van der Waals surface area contributed by atoms with Gasteiger partial charge in [0.1, 0.15) is 6.10 Å². The lowest BCUT2D eigenvalue weighted by Gasteiger charge is -1.99. The maximum Gasteiger partial charge on any atom is 0.102 e. The van der Waals surface area contributed by atoms with Crippen LogP contribution in [0.15, 0.2) is 12.2 Å². The molecule has 1 aliphatic rings. The summed E-state index contributed by atoms with van der Waals surface area (Å²) in [5.41, 5.74) is 0. The van der Waals surface area contributed by atoms with Gasteiger partial charge in [-0.1, -0.05) is 64.0 Å². The number of epoxide rings is 1. The molecule has 1 rings (SSSR count). The molecule has 94 valence electrons. The van der Waals surface area contributed by atoms with E-state index in [2.05, 4.69) is 6.92 Å². The van der Waals surface area contributed by atoms with Crippen LogP contribution in [-0.4, -0.2) is 23.9 Å². The third-order valence-corrected chi connectivity index (χ3v) is 3.15. The molecule has 0 radical (unpaired) electrons. The number of unbranched alkanes of at least 4 members (excludes halogenated alkanes) is 6. The van der Waals surface area contributed by atoms with E-state index in [0.717, 1.165) is 0 Å². The summed E-state index contributed by atoms with van der Waals surface area (Å²) in [6.45, 7) is 2.38. The van der Waals surface area contributed by atoms with E-state index >= 15 is 0 Å². The van der Waals surface area contributed by atoms with Gasteiger partial charge in [0, 0.05) is 0 Å². The summed E-state index contributed by atoms with van der Waals surface area (Å²) in [5.74, 6) is 0. The van der Waals surface area contributed by atoms with Gasteiger partial charge < -0.3 is 9.84 Å². The molecule has 1 N–H and O–H groups in total. The zero-order valence-electron chi connectivity index (χ0n) is 10.5. The predicted octanol–water partition coefficient (Wildman–Crippen LogP) is 3.44. The van der Waals surface area contributed by atoms with Crippen LogP contribution in [0.5, 0.6) is 0 Å². The van der Waals surface area contributed by atoms with E-state index in [1.807, 2.05) is 6.08 Å². The molecule has 1 saturated heterocycles. The fourth-order valence-corrected chi connectivity index (χ4v) is 2.06. The second kappa shape index (κ2) is 8.77. The van der Waals surface area contributed by atoms with E-state index in [1.165, 1.54) is 51.4 Å². The molecule has 1 fully saturated rings. The summed E-state index contributed by atoms with van der Waals surface area (Å²) in [6.07, 6.45) is 15.2. The Morgan fingerprint density at radius 1 is 1.06 bits per heavy atom. The number of hydrogen-bond acceptors (Lipinski definition) is 2. The second-order valence-electron chi connectivity index (χ2n) is 4.66. The smallest absolute Gasteiger partial charge is 0.102 e. The lowest BCUT2D eigenvalue weighted by atomic mass is 10.1. The SMILES string of the molecule is CCCCCCCCCC1OC1/C=C/CO. The highest BCUT2D eigenvalue weighted by atomic mass is 16.6. The molecule has 1 aliphatic heterocycles. The van der Waals surface area contributed by atoms with E-state index < -0.39 is 0 Å². The first-order valence-corrected chi connectivity index (χ1v) is 6.81. The van der Waals surface area contributed by atoms with Gasteiger partial charge >= 0.3 is 0 Å². The van der Waals surface area contributed by atoms with Crippen LogP contribution in [0.3, 0.4) is 0 Å². The van der Waals surface area contributed by atoms with E-state index in [9.17, 15) is 0 Å². The summed E-state index contributed by atoms with van der Waals surface area (Å²) in [5, 5.41) is 8.60. The van der Waals surface area contributed by atoms with Gasteiger partial charge in [-0.3, -0.25) is 0 Å². The zero-order chi connectivity index (χ0) is 11.6. The molecular formula is C14H26O2. The molecule has 0 amide bonds. The molecule has 1 heterocycles. The van der Waals surface area contributed by atoms with Crippen LogP contribution in [0.2, 0.25) is 0 Å². The molecule has 2 heteroatoms. The summed E-state index contributed by atoms with van der Waals surface area (Å²) >= 11 is 0. The highest BCUT2D eigenvalue weighted by Crippen LogP contribution is 2.28. The summed E-state index contributed by atoms with van der Waals surface area (Å²) in [7, 11) is 0. The van der Waals surface area contributed by atoms with Gasteiger partial charge in [-0.05, 0) is 6.42 Å². The normalized spacial score (nSPS) is 24.1. The van der Waals surface area contributed by atoms with E-state index in [-0.39, 0.29) is 6.61 Å². The lowest BCUT2D eigenvalue weighted by molar-refractivity contribution is 0.340. The van der Waals surface area contributed by atoms with Crippen LogP contribution in [0.1, 0.15) is 58.3 Å². The monoisotopic (exact) mass is 226 g/mol. The number of ether oxygens (including phenoxy) is 1. The van der Waals surface area contributed by atoms with Crippen molar-refractivity contribution in [2.75, 3.05) is 6.61 Å². The Hall–Kier alpha value is -0.340. The van der Waals surface area contributed by atoms with E-state index in [0.29, 0.717) is 12.2 Å². The summed E-state index contributed by atoms with van der Waals surface area (Å²) in [4.78, 5) is 0. The van der Waals surface area contributed by atoms with E-state index in [1.54, 1.807) is 6.08 Å². The third-order valence-electron chi connectivity index (χ3n) is 3.15. The maximum absolute atomic E-state index is 8.60. The lowest BCUT2D eigenvalue weighted by Crippen LogP contribution is -1.91. The van der Waals surface area contributed by atoms with Crippen LogP contribution < -0.4 is 0 Å². The Kier molecular flexibility index (Phi) is 7.52. The van der Waals surface area contributed by atoms with Crippen LogP contribution >= 0.6 is 0 Å². The largest absolute Gasteiger partial charge is 0.392 e. The number of aliphatic hydroxyl groups excluding tert-OH is 1. The van der Waals surface area contributed by atoms with Gasteiger partial charge in [0.15, 0.2) is 0 Å². The zero-order valence-corrected chi connectivity index (χ0v) is 10.5. The van der Waals surface area contributed by atoms with Crippen molar-refractivity contribution in [2.24, 2.45) is 0 Å². The van der Waals surface area contributed by atoms with Gasteiger partial charge in [-0.15, -0.1) is 0 Å². The molecule has 0 saturated carbocycles. The predicted molar refractivity (Wildman–Crippen MR) is 67.5 cm³/mol. The fourth-order valence-electron chi connectivity index (χ4n) is 2.06. The van der Waals surface area contributed by atoms with Crippen molar-refractivity contribution in [3.05, 3.63) is 12.2 Å². The Labute approximate surface area is 99.7 Å². The van der Waals surface area contributed by atoms with Crippen LogP contribution in [-0.2, 0) is 4.74 Å². The Balaban J connectivity index is 1.81. The van der Waals surface area contributed by atoms with Crippen LogP contribution in [0, 0.1) is 0 Å². The molecule has 0 aromatic rings. The molecule has 0 bridgehead atoms. The first-order valence-electron chi connectivity index (χ1n) is 6.81. The quantitative estimate of drug-likeness (QED) is 0.351. The first-order chi connectivity index (χ1) is 7.88. The minimum atomic E-state index is 0.129. The van der Waals surface area contributed by atoms with Crippen molar-refractivity contribution < 1.29 is 9.84 Å². The van der Waals surface area contributed by atoms with E-state index in [4.69, 9.17) is 9.84 Å². The minimum Gasteiger partial charge on any atom is -0.392 e. The Morgan fingerprint density at radius 2 is 1.75 bits per heavy atom. The Bertz CT molecular complexity index is 189. The van der Waals surface area contributed by atoms with Crippen molar-refractivity contribution >= 4 is 0 Å². The van der Waals surface area contributed by atoms with Gasteiger partial charge in [0.2, 0.25) is 0 Å². The average Bonchev–Trinajstić information content (AvgIpc) is 3.04. The molecule has 0 spiro atoms. The molecule has 0 aliphatic carbocycles. The fraction of sp³-hybridized carbons (Fsp3) is 0.857.